The average Bonchev–Trinajstić information content (AvgIpc) is 3.72. The molecule has 0 radical (unpaired) electrons. The average molecular weight is 1120 g/mol. The predicted octanol–water partition coefficient (Wildman–Crippen LogP) is 18.3. The van der Waals surface area contributed by atoms with Crippen LogP contribution in [0.4, 0.5) is 51.2 Å². The maximum absolute atomic E-state index is 11.5. The van der Waals surface area contributed by atoms with Crippen molar-refractivity contribution in [2.24, 2.45) is 0 Å². The van der Waals surface area contributed by atoms with E-state index >= 15 is 0 Å². The van der Waals surface area contributed by atoms with Crippen molar-refractivity contribution in [1.29, 1.82) is 0 Å². The van der Waals surface area contributed by atoms with Crippen LogP contribution in [0.15, 0.2) is 317 Å². The van der Waals surface area contributed by atoms with Crippen molar-refractivity contribution in [3.63, 3.8) is 0 Å². The molecule has 0 fully saturated rings. The number of nitrogens with zero attached hydrogens (tertiary/aromatic N) is 3. The number of para-hydroxylation sites is 5. The molecule has 10 rings (SSSR count). The van der Waals surface area contributed by atoms with Crippen LogP contribution in [0, 0.1) is 0 Å². The smallest absolute Gasteiger partial charge is 0.333 e. The van der Waals surface area contributed by atoms with Crippen LogP contribution in [0.5, 0.6) is 0 Å². The van der Waals surface area contributed by atoms with Gasteiger partial charge in [0.2, 0.25) is 0 Å². The Bertz CT molecular complexity index is 3580. The van der Waals surface area contributed by atoms with Gasteiger partial charge in [0.25, 0.3) is 0 Å². The van der Waals surface area contributed by atoms with E-state index in [1.165, 1.54) is 23.3 Å². The zero-order chi connectivity index (χ0) is 59.4. The summed E-state index contributed by atoms with van der Waals surface area (Å²) in [6, 6.07) is 95.4. The highest BCUT2D eigenvalue weighted by atomic mass is 16.5. The van der Waals surface area contributed by atoms with Gasteiger partial charge in [-0.05, 0) is 144 Å². The van der Waals surface area contributed by atoms with Crippen molar-refractivity contribution in [2.45, 2.75) is 26.2 Å². The third-order valence-electron chi connectivity index (χ3n) is 13.5. The second kappa shape index (κ2) is 32.0. The molecule has 0 saturated carbocycles. The lowest BCUT2D eigenvalue weighted by molar-refractivity contribution is -0.139. The van der Waals surface area contributed by atoms with E-state index in [1.54, 1.807) is 6.92 Å². The Morgan fingerprint density at radius 1 is 0.318 bits per heavy atom. The van der Waals surface area contributed by atoms with Crippen molar-refractivity contribution < 1.29 is 28.6 Å². The van der Waals surface area contributed by atoms with Crippen molar-refractivity contribution >= 4 is 69.1 Å². The fourth-order valence-electron chi connectivity index (χ4n) is 9.14. The molecule has 85 heavy (non-hydrogen) atoms. The lowest BCUT2D eigenvalue weighted by Crippen LogP contribution is -2.10. The Balaban J connectivity index is 0.000000167. The van der Waals surface area contributed by atoms with Gasteiger partial charge in [0.15, 0.2) is 0 Å². The van der Waals surface area contributed by atoms with Gasteiger partial charge < -0.3 is 28.9 Å². The highest BCUT2D eigenvalue weighted by Gasteiger charge is 2.16. The maximum Gasteiger partial charge on any atom is 0.333 e. The molecule has 10 aromatic rings. The molecular weight excluding hydrogens is 1050 g/mol. The first kappa shape index (κ1) is 60.3. The summed E-state index contributed by atoms with van der Waals surface area (Å²) in [5, 5.41) is 0. The molecule has 0 aromatic heterocycles. The second-order valence-corrected chi connectivity index (χ2v) is 19.5. The SMILES string of the molecule is C=C(C)C(=O)OCCc1ccc(N(c2ccccc2)c2ccccc2)cc1.C=CC(=O)OCCc1ccc(N(c2ccccc2)c2ccc(-c3ccccc3)cc2)cc1.C=CC(=O)OCCc1ccc(N(c2ccccc2)c2ccccc2)cc1. The minimum Gasteiger partial charge on any atom is -0.462 e. The molecule has 0 saturated heterocycles. The molecule has 424 valence electrons. The highest BCUT2D eigenvalue weighted by Crippen LogP contribution is 2.38. The first-order valence-corrected chi connectivity index (χ1v) is 28.2. The molecule has 9 heteroatoms. The summed E-state index contributed by atoms with van der Waals surface area (Å²) in [6.45, 7) is 13.1. The summed E-state index contributed by atoms with van der Waals surface area (Å²) in [6.07, 6.45) is 4.38. The number of esters is 3. The number of hydrogen-bond acceptors (Lipinski definition) is 9. The van der Waals surface area contributed by atoms with E-state index < -0.39 is 5.97 Å². The van der Waals surface area contributed by atoms with Gasteiger partial charge in [0.05, 0.1) is 19.8 Å². The Morgan fingerprint density at radius 2 is 0.541 bits per heavy atom. The highest BCUT2D eigenvalue weighted by molar-refractivity contribution is 5.87. The molecule has 10 aromatic carbocycles. The largest absolute Gasteiger partial charge is 0.462 e. The summed E-state index contributed by atoms with van der Waals surface area (Å²) in [5.41, 5.74) is 16.0. The van der Waals surface area contributed by atoms with Crippen LogP contribution in [-0.2, 0) is 47.9 Å². The fraction of sp³-hybridized carbons (Fsp3) is 0.0921. The van der Waals surface area contributed by atoms with Gasteiger partial charge in [0, 0.05) is 88.2 Å². The minimum atomic E-state index is -0.393. The molecule has 0 aliphatic heterocycles. The Kier molecular flexibility index (Phi) is 22.7. The van der Waals surface area contributed by atoms with Crippen LogP contribution in [0.1, 0.15) is 23.6 Å². The molecule has 0 spiro atoms. The molecule has 0 bridgehead atoms. The number of anilines is 9. The van der Waals surface area contributed by atoms with Gasteiger partial charge in [-0.25, -0.2) is 14.4 Å². The number of benzene rings is 10. The molecule has 9 nitrogen and oxygen atoms in total. The zero-order valence-electron chi connectivity index (χ0n) is 47.9. The Labute approximate surface area is 500 Å². The van der Waals surface area contributed by atoms with Gasteiger partial charge in [-0.1, -0.05) is 190 Å². The van der Waals surface area contributed by atoms with Crippen molar-refractivity contribution in [2.75, 3.05) is 34.5 Å². The molecule has 0 aliphatic rings. The molecular formula is C76H69N3O6. The van der Waals surface area contributed by atoms with Crippen LogP contribution in [0.3, 0.4) is 0 Å². The Morgan fingerprint density at radius 3 is 0.800 bits per heavy atom. The van der Waals surface area contributed by atoms with Gasteiger partial charge >= 0.3 is 17.9 Å². The third kappa shape index (κ3) is 18.1. The first-order chi connectivity index (χ1) is 41.7. The molecule has 0 atom stereocenters. The quantitative estimate of drug-likeness (QED) is 0.0374. The predicted molar refractivity (Wildman–Crippen MR) is 348 cm³/mol. The van der Waals surface area contributed by atoms with Crippen LogP contribution in [0.2, 0.25) is 0 Å². The van der Waals surface area contributed by atoms with Crippen LogP contribution >= 0.6 is 0 Å². The van der Waals surface area contributed by atoms with Gasteiger partial charge in [-0.15, -0.1) is 0 Å². The number of ether oxygens (including phenoxy) is 3. The molecule has 0 aliphatic carbocycles. The molecule has 0 heterocycles. The summed E-state index contributed by atoms with van der Waals surface area (Å²) in [4.78, 5) is 40.5. The summed E-state index contributed by atoms with van der Waals surface area (Å²) < 4.78 is 15.3. The number of carbonyl (C=O) groups excluding carboxylic acids is 3. The minimum absolute atomic E-state index is 0.341. The lowest BCUT2D eigenvalue weighted by Gasteiger charge is -2.26. The van der Waals surface area contributed by atoms with E-state index in [1.807, 2.05) is 97.1 Å². The summed E-state index contributed by atoms with van der Waals surface area (Å²) in [7, 11) is 0. The fourth-order valence-corrected chi connectivity index (χ4v) is 9.14. The van der Waals surface area contributed by atoms with Crippen LogP contribution in [0.25, 0.3) is 11.1 Å². The normalized spacial score (nSPS) is 10.3. The Hall–Kier alpha value is -10.8. The van der Waals surface area contributed by atoms with Crippen molar-refractivity contribution in [1.82, 2.24) is 0 Å². The maximum atomic E-state index is 11.5. The van der Waals surface area contributed by atoms with E-state index in [9.17, 15) is 14.4 Å². The van der Waals surface area contributed by atoms with Crippen LogP contribution in [-0.4, -0.2) is 37.7 Å². The monoisotopic (exact) mass is 1120 g/mol. The van der Waals surface area contributed by atoms with Crippen molar-refractivity contribution in [3.8, 4) is 11.1 Å². The summed E-state index contributed by atoms with van der Waals surface area (Å²) in [5.74, 6) is -1.12. The van der Waals surface area contributed by atoms with Gasteiger partial charge in [-0.2, -0.15) is 0 Å². The van der Waals surface area contributed by atoms with Gasteiger partial charge in [0.1, 0.15) is 0 Å². The molecule has 0 amide bonds. The van der Waals surface area contributed by atoms with E-state index in [0.29, 0.717) is 44.7 Å². The molecule has 0 N–H and O–H groups in total. The number of hydrogen-bond donors (Lipinski definition) is 0. The van der Waals surface area contributed by atoms with Crippen LogP contribution < -0.4 is 14.7 Å². The topological polar surface area (TPSA) is 88.6 Å². The van der Waals surface area contributed by atoms with Gasteiger partial charge in [-0.3, -0.25) is 0 Å². The number of carbonyl (C=O) groups is 3. The second-order valence-electron chi connectivity index (χ2n) is 19.5. The van der Waals surface area contributed by atoms with E-state index in [-0.39, 0.29) is 11.9 Å². The lowest BCUT2D eigenvalue weighted by atomic mass is 10.0. The number of rotatable bonds is 22. The first-order valence-electron chi connectivity index (χ1n) is 28.2. The third-order valence-corrected chi connectivity index (χ3v) is 13.5. The summed E-state index contributed by atoms with van der Waals surface area (Å²) >= 11 is 0. The zero-order valence-corrected chi connectivity index (χ0v) is 47.9. The van der Waals surface area contributed by atoms with Crippen molar-refractivity contribution in [3.05, 3.63) is 333 Å². The van der Waals surface area contributed by atoms with E-state index in [4.69, 9.17) is 14.2 Å². The standard InChI is InChI=1S/C29H25NO2.C24H23NO2.C23H21NO2/c1-2-29(31)32-22-21-23-13-17-27(18-14-23)30(26-11-7-4-8-12-26)28-19-15-25(16-20-28)24-9-5-3-6-10-24;1-19(2)24(26)27-18-17-20-13-15-23(16-14-20)25(21-9-5-3-6-10-21)22-11-7-4-8-12-22;1-2-23(25)26-18-17-19-13-15-22(16-14-19)24(20-9-5-3-6-10-20)21-11-7-4-8-12-21/h2-20H,1,21-22H2;3-16H,1,17-18H2,2H3;2-16H,1,17-18H2. The van der Waals surface area contributed by atoms with E-state index in [2.05, 4.69) is 216 Å². The van der Waals surface area contributed by atoms with E-state index in [0.717, 1.165) is 67.9 Å². The molecule has 0 unspecified atom stereocenters.